The summed E-state index contributed by atoms with van der Waals surface area (Å²) >= 11 is 0. The Labute approximate surface area is 112 Å². The molecule has 0 saturated heterocycles. The van der Waals surface area contributed by atoms with E-state index in [0.717, 1.165) is 25.1 Å². The van der Waals surface area contributed by atoms with Gasteiger partial charge in [0.15, 0.2) is 0 Å². The number of sulfonamides is 1. The molecule has 0 amide bonds. The van der Waals surface area contributed by atoms with Crippen molar-refractivity contribution in [1.82, 2.24) is 10.2 Å². The number of hydrogen-bond acceptors (Lipinski definition) is 3. The number of rotatable bonds is 3. The molecule has 0 atom stereocenters. The van der Waals surface area contributed by atoms with Crippen LogP contribution in [-0.2, 0) is 16.2 Å². The van der Waals surface area contributed by atoms with Gasteiger partial charge in [0.25, 0.3) is 10.0 Å². The lowest BCUT2D eigenvalue weighted by Crippen LogP contribution is -2.17. The highest BCUT2D eigenvalue weighted by Gasteiger charge is 2.34. The lowest BCUT2D eigenvalue weighted by atomic mass is 10.1. The largest absolute Gasteiger partial charge is 0.416 e. The molecule has 108 valence electrons. The predicted octanol–water partition coefficient (Wildman–Crippen LogP) is 2.54. The number of halogens is 3. The van der Waals surface area contributed by atoms with Crippen LogP contribution in [-0.4, -0.2) is 18.6 Å². The Morgan fingerprint density at radius 2 is 1.95 bits per heavy atom. The van der Waals surface area contributed by atoms with E-state index in [0.29, 0.717) is 0 Å². The highest BCUT2D eigenvalue weighted by Crippen LogP contribution is 2.34. The number of anilines is 1. The quantitative estimate of drug-likeness (QED) is 0.915. The summed E-state index contributed by atoms with van der Waals surface area (Å²) < 4.78 is 64.6. The molecule has 0 bridgehead atoms. The molecule has 0 aliphatic rings. The Morgan fingerprint density at radius 1 is 1.25 bits per heavy atom. The summed E-state index contributed by atoms with van der Waals surface area (Å²) in [4.78, 5) is -0.429. The van der Waals surface area contributed by atoms with Crippen molar-refractivity contribution in [3.05, 3.63) is 41.6 Å². The average molecular weight is 305 g/mol. The van der Waals surface area contributed by atoms with Gasteiger partial charge in [-0.05, 0) is 24.6 Å². The third kappa shape index (κ3) is 2.77. The van der Waals surface area contributed by atoms with Crippen molar-refractivity contribution in [2.24, 2.45) is 0 Å². The third-order valence-corrected chi connectivity index (χ3v) is 4.13. The molecule has 0 saturated carbocycles. The van der Waals surface area contributed by atoms with Crippen LogP contribution in [0.25, 0.3) is 0 Å². The molecule has 1 heterocycles. The molecule has 5 nitrogen and oxygen atoms in total. The molecule has 0 unspecified atom stereocenters. The van der Waals surface area contributed by atoms with Crippen LogP contribution in [0.15, 0.2) is 35.4 Å². The summed E-state index contributed by atoms with van der Waals surface area (Å²) in [5.74, 6) is 0.0711. The number of nitrogens with zero attached hydrogens (tertiary/aromatic N) is 1. The first-order valence-corrected chi connectivity index (χ1v) is 6.89. The molecule has 0 spiro atoms. The number of hydrogen-bond donors (Lipinski definition) is 2. The van der Waals surface area contributed by atoms with Crippen LogP contribution in [0.5, 0.6) is 0 Å². The Morgan fingerprint density at radius 3 is 2.50 bits per heavy atom. The maximum atomic E-state index is 12.8. The Hall–Kier alpha value is -2.03. The van der Waals surface area contributed by atoms with Crippen molar-refractivity contribution < 1.29 is 21.6 Å². The number of benzene rings is 1. The van der Waals surface area contributed by atoms with Gasteiger partial charge in [-0.25, -0.2) is 8.42 Å². The number of alkyl halides is 3. The summed E-state index contributed by atoms with van der Waals surface area (Å²) in [7, 11) is -4.12. The lowest BCUT2D eigenvalue weighted by molar-refractivity contribution is -0.138. The number of aromatic amines is 1. The molecule has 2 N–H and O–H groups in total. The van der Waals surface area contributed by atoms with Crippen molar-refractivity contribution in [3.8, 4) is 0 Å². The van der Waals surface area contributed by atoms with Crippen molar-refractivity contribution in [3.63, 3.8) is 0 Å². The van der Waals surface area contributed by atoms with Gasteiger partial charge in [-0.2, -0.15) is 18.3 Å². The lowest BCUT2D eigenvalue weighted by Gasteiger charge is -2.14. The zero-order valence-corrected chi connectivity index (χ0v) is 11.0. The van der Waals surface area contributed by atoms with Crippen molar-refractivity contribution in [1.29, 1.82) is 0 Å². The zero-order valence-electron chi connectivity index (χ0n) is 10.2. The highest BCUT2D eigenvalue weighted by atomic mass is 32.2. The van der Waals surface area contributed by atoms with E-state index in [1.54, 1.807) is 0 Å². The van der Waals surface area contributed by atoms with Crippen LogP contribution >= 0.6 is 0 Å². The van der Waals surface area contributed by atoms with Gasteiger partial charge < -0.3 is 0 Å². The molecule has 9 heteroatoms. The summed E-state index contributed by atoms with van der Waals surface area (Å²) in [6.45, 7) is 1.12. The third-order valence-electron chi connectivity index (χ3n) is 2.62. The van der Waals surface area contributed by atoms with Gasteiger partial charge in [-0.3, -0.25) is 9.82 Å². The monoisotopic (exact) mass is 305 g/mol. The second-order valence-electron chi connectivity index (χ2n) is 4.00. The van der Waals surface area contributed by atoms with E-state index in [4.69, 9.17) is 0 Å². The van der Waals surface area contributed by atoms with Crippen molar-refractivity contribution in [2.75, 3.05) is 4.72 Å². The molecule has 0 radical (unpaired) electrons. The first-order chi connectivity index (χ1) is 9.22. The van der Waals surface area contributed by atoms with Crippen LogP contribution < -0.4 is 4.72 Å². The number of nitrogens with one attached hydrogen (secondary N) is 2. The molecule has 0 fully saturated rings. The van der Waals surface area contributed by atoms with Crippen LogP contribution in [0.1, 0.15) is 11.1 Å². The van der Waals surface area contributed by atoms with Gasteiger partial charge >= 0.3 is 6.18 Å². The number of H-pyrrole nitrogens is 1. The summed E-state index contributed by atoms with van der Waals surface area (Å²) in [6, 6.07) is 4.35. The standard InChI is InChI=1S/C11H10F3N3O2S/c1-7-8(11(12,13)14)3-2-4-9(7)20(18,19)17-10-5-6-15-16-10/h2-6H,1H3,(H2,15,16,17). The van der Waals surface area contributed by atoms with Crippen LogP contribution in [0.3, 0.4) is 0 Å². The average Bonchev–Trinajstić information content (AvgIpc) is 2.79. The molecule has 20 heavy (non-hydrogen) atoms. The zero-order chi connectivity index (χ0) is 15.0. The first-order valence-electron chi connectivity index (χ1n) is 5.41. The topological polar surface area (TPSA) is 74.8 Å². The van der Waals surface area contributed by atoms with Crippen LogP contribution in [0.2, 0.25) is 0 Å². The maximum absolute atomic E-state index is 12.8. The normalized spacial score (nSPS) is 12.4. The van der Waals surface area contributed by atoms with Gasteiger partial charge in [0, 0.05) is 6.07 Å². The molecular formula is C11H10F3N3O2S. The molecule has 2 rings (SSSR count). The fourth-order valence-electron chi connectivity index (χ4n) is 1.73. The second kappa shape index (κ2) is 4.82. The van der Waals surface area contributed by atoms with Crippen LogP contribution in [0, 0.1) is 6.92 Å². The molecule has 2 aromatic rings. The minimum Gasteiger partial charge on any atom is -0.264 e. The Bertz CT molecular complexity index is 709. The van der Waals surface area contributed by atoms with E-state index in [1.165, 1.54) is 12.3 Å². The first kappa shape index (κ1) is 14.4. The van der Waals surface area contributed by atoms with Gasteiger partial charge in [-0.1, -0.05) is 6.07 Å². The smallest absolute Gasteiger partial charge is 0.264 e. The summed E-state index contributed by atoms with van der Waals surface area (Å²) in [5.41, 5.74) is -1.34. The van der Waals surface area contributed by atoms with Gasteiger partial charge in [0.1, 0.15) is 5.82 Å². The fraction of sp³-hybridized carbons (Fsp3) is 0.182. The molecular weight excluding hydrogens is 295 g/mol. The molecule has 0 aliphatic heterocycles. The fourth-order valence-corrected chi connectivity index (χ4v) is 3.01. The second-order valence-corrected chi connectivity index (χ2v) is 5.65. The van der Waals surface area contributed by atoms with E-state index in [-0.39, 0.29) is 11.4 Å². The van der Waals surface area contributed by atoms with Gasteiger partial charge in [0.05, 0.1) is 16.7 Å². The molecule has 1 aromatic heterocycles. The van der Waals surface area contributed by atoms with E-state index >= 15 is 0 Å². The summed E-state index contributed by atoms with van der Waals surface area (Å²) in [5, 5.41) is 5.91. The minimum atomic E-state index is -4.61. The van der Waals surface area contributed by atoms with Crippen molar-refractivity contribution >= 4 is 15.8 Å². The van der Waals surface area contributed by atoms with Gasteiger partial charge in [0.2, 0.25) is 0 Å². The number of aromatic nitrogens is 2. The Kier molecular flexibility index (Phi) is 3.46. The van der Waals surface area contributed by atoms with E-state index in [1.807, 2.05) is 0 Å². The summed E-state index contributed by atoms with van der Waals surface area (Å²) in [6.07, 6.45) is -3.29. The van der Waals surface area contributed by atoms with Gasteiger partial charge in [-0.15, -0.1) is 0 Å². The SMILES string of the molecule is Cc1c(C(F)(F)F)cccc1S(=O)(=O)Nc1ccn[nH]1. The maximum Gasteiger partial charge on any atom is 0.416 e. The highest BCUT2D eigenvalue weighted by molar-refractivity contribution is 7.92. The van der Waals surface area contributed by atoms with E-state index < -0.39 is 26.7 Å². The minimum absolute atomic E-state index is 0.0711. The Balaban J connectivity index is 2.48. The van der Waals surface area contributed by atoms with Crippen molar-refractivity contribution in [2.45, 2.75) is 18.0 Å². The molecule has 0 aliphatic carbocycles. The van der Waals surface area contributed by atoms with Crippen LogP contribution in [0.4, 0.5) is 19.0 Å². The van der Waals surface area contributed by atoms with E-state index in [2.05, 4.69) is 14.9 Å². The predicted molar refractivity (Wildman–Crippen MR) is 65.6 cm³/mol. The van der Waals surface area contributed by atoms with E-state index in [9.17, 15) is 21.6 Å². The molecule has 1 aromatic carbocycles.